The molecule has 1 aliphatic heterocycles. The average Bonchev–Trinajstić information content (AvgIpc) is 2.69. The van der Waals surface area contributed by atoms with Crippen molar-refractivity contribution in [3.8, 4) is 0 Å². The molecule has 0 atom stereocenters. The Morgan fingerprint density at radius 2 is 1.90 bits per heavy atom. The topological polar surface area (TPSA) is 20.3 Å². The van der Waals surface area contributed by atoms with Gasteiger partial charge in [-0.05, 0) is 43.0 Å². The van der Waals surface area contributed by atoms with Crippen LogP contribution in [0.3, 0.4) is 0 Å². The lowest BCUT2D eigenvalue weighted by molar-refractivity contribution is 0.112. The molecule has 0 amide bonds. The number of rotatable bonds is 2. The Morgan fingerprint density at radius 1 is 1.05 bits per heavy atom. The molecule has 0 bridgehead atoms. The van der Waals surface area contributed by atoms with Crippen LogP contribution in [0.1, 0.15) is 28.8 Å². The van der Waals surface area contributed by atoms with E-state index in [9.17, 15) is 4.79 Å². The van der Waals surface area contributed by atoms with Crippen molar-refractivity contribution in [1.82, 2.24) is 0 Å². The molecule has 2 aromatic rings. The van der Waals surface area contributed by atoms with Crippen LogP contribution in [0.4, 0.5) is 11.4 Å². The van der Waals surface area contributed by atoms with Crippen molar-refractivity contribution in [2.45, 2.75) is 19.3 Å². The highest BCUT2D eigenvalue weighted by Crippen LogP contribution is 2.38. The van der Waals surface area contributed by atoms with Crippen molar-refractivity contribution in [1.29, 1.82) is 0 Å². The zero-order chi connectivity index (χ0) is 13.9. The largest absolute Gasteiger partial charge is 0.339 e. The van der Waals surface area contributed by atoms with E-state index in [1.54, 1.807) is 0 Å². The van der Waals surface area contributed by atoms with Crippen molar-refractivity contribution in [2.75, 3.05) is 11.4 Å². The van der Waals surface area contributed by atoms with Gasteiger partial charge in [0, 0.05) is 17.8 Å². The summed E-state index contributed by atoms with van der Waals surface area (Å²) in [6, 6.07) is 13.9. The van der Waals surface area contributed by atoms with E-state index in [-0.39, 0.29) is 0 Å². The normalized spacial score (nSPS) is 14.6. The van der Waals surface area contributed by atoms with Gasteiger partial charge in [0.2, 0.25) is 0 Å². The molecule has 3 rings (SSSR count). The van der Waals surface area contributed by atoms with E-state index in [4.69, 9.17) is 11.6 Å². The van der Waals surface area contributed by atoms with Crippen LogP contribution in [0.15, 0.2) is 42.5 Å². The van der Waals surface area contributed by atoms with E-state index in [1.807, 2.05) is 24.3 Å². The van der Waals surface area contributed by atoms with Crippen LogP contribution in [0.5, 0.6) is 0 Å². The van der Waals surface area contributed by atoms with Crippen LogP contribution >= 0.6 is 11.6 Å². The molecule has 2 nitrogen and oxygen atoms in total. The van der Waals surface area contributed by atoms with Gasteiger partial charge in [-0.2, -0.15) is 0 Å². The molecule has 0 aromatic heterocycles. The van der Waals surface area contributed by atoms with Crippen molar-refractivity contribution < 1.29 is 4.79 Å². The molecule has 1 aliphatic rings. The SMILES string of the molecule is O=Cc1cccc(Cl)c1N1CCCCc2ccccc21. The number of carbonyl (C=O) groups is 1. The molecule has 0 fully saturated rings. The lowest BCUT2D eigenvalue weighted by Gasteiger charge is -2.27. The van der Waals surface area contributed by atoms with Crippen LogP contribution in [0, 0.1) is 0 Å². The smallest absolute Gasteiger partial charge is 0.152 e. The van der Waals surface area contributed by atoms with Gasteiger partial charge in [-0.25, -0.2) is 0 Å². The molecular formula is C17H16ClNO. The summed E-state index contributed by atoms with van der Waals surface area (Å²) in [5.41, 5.74) is 3.97. The Labute approximate surface area is 124 Å². The molecule has 3 heteroatoms. The summed E-state index contributed by atoms with van der Waals surface area (Å²) < 4.78 is 0. The van der Waals surface area contributed by atoms with Gasteiger partial charge in [-0.3, -0.25) is 4.79 Å². The maximum absolute atomic E-state index is 11.3. The third kappa shape index (κ3) is 2.32. The predicted octanol–water partition coefficient (Wildman–Crippen LogP) is 4.63. The molecule has 0 unspecified atom stereocenters. The summed E-state index contributed by atoms with van der Waals surface area (Å²) in [6.45, 7) is 0.890. The number of carbonyl (C=O) groups excluding carboxylic acids is 1. The third-order valence-corrected chi connectivity index (χ3v) is 4.08. The zero-order valence-electron chi connectivity index (χ0n) is 11.2. The highest BCUT2D eigenvalue weighted by Gasteiger charge is 2.20. The highest BCUT2D eigenvalue weighted by molar-refractivity contribution is 6.34. The Balaban J connectivity index is 2.17. The van der Waals surface area contributed by atoms with Gasteiger partial charge in [0.1, 0.15) is 0 Å². The Morgan fingerprint density at radius 3 is 2.75 bits per heavy atom. The van der Waals surface area contributed by atoms with Crippen molar-refractivity contribution in [3.63, 3.8) is 0 Å². The lowest BCUT2D eigenvalue weighted by Crippen LogP contribution is -2.19. The summed E-state index contributed by atoms with van der Waals surface area (Å²) in [5.74, 6) is 0. The van der Waals surface area contributed by atoms with Gasteiger partial charge >= 0.3 is 0 Å². The van der Waals surface area contributed by atoms with Gasteiger partial charge < -0.3 is 4.90 Å². The maximum Gasteiger partial charge on any atom is 0.152 e. The second kappa shape index (κ2) is 5.68. The number of para-hydroxylation sites is 2. The Hall–Kier alpha value is -1.80. The van der Waals surface area contributed by atoms with E-state index in [1.165, 1.54) is 11.3 Å². The number of benzene rings is 2. The number of aldehydes is 1. The summed E-state index contributed by atoms with van der Waals surface area (Å²) in [7, 11) is 0. The molecule has 0 aliphatic carbocycles. The third-order valence-electron chi connectivity index (χ3n) is 3.78. The second-order valence-electron chi connectivity index (χ2n) is 5.03. The number of anilines is 2. The molecule has 0 spiro atoms. The molecule has 1 heterocycles. The molecule has 0 radical (unpaired) electrons. The summed E-state index contributed by atoms with van der Waals surface area (Å²) in [6.07, 6.45) is 4.22. The van der Waals surface area contributed by atoms with Crippen molar-refractivity contribution in [2.24, 2.45) is 0 Å². The first-order valence-electron chi connectivity index (χ1n) is 6.90. The number of hydrogen-bond donors (Lipinski definition) is 0. The minimum absolute atomic E-state index is 0.631. The highest BCUT2D eigenvalue weighted by atomic mass is 35.5. The fourth-order valence-electron chi connectivity index (χ4n) is 2.84. The maximum atomic E-state index is 11.3. The minimum atomic E-state index is 0.631. The van der Waals surface area contributed by atoms with E-state index in [0.29, 0.717) is 10.6 Å². The number of nitrogens with zero attached hydrogens (tertiary/aromatic N) is 1. The Kier molecular flexibility index (Phi) is 3.75. The number of aryl methyl sites for hydroxylation is 1. The van der Waals surface area contributed by atoms with E-state index >= 15 is 0 Å². The van der Waals surface area contributed by atoms with Gasteiger partial charge in [0.25, 0.3) is 0 Å². The van der Waals surface area contributed by atoms with Crippen LogP contribution in [0.25, 0.3) is 0 Å². The average molecular weight is 286 g/mol. The molecular weight excluding hydrogens is 270 g/mol. The first kappa shape index (κ1) is 13.2. The van der Waals surface area contributed by atoms with Crippen molar-refractivity contribution >= 4 is 29.3 Å². The van der Waals surface area contributed by atoms with Gasteiger partial charge in [-0.15, -0.1) is 0 Å². The monoisotopic (exact) mass is 285 g/mol. The van der Waals surface area contributed by atoms with Crippen LogP contribution in [0.2, 0.25) is 5.02 Å². The number of halogens is 1. The minimum Gasteiger partial charge on any atom is -0.339 e. The van der Waals surface area contributed by atoms with Gasteiger partial charge in [-0.1, -0.05) is 35.9 Å². The molecule has 0 N–H and O–H groups in total. The fourth-order valence-corrected chi connectivity index (χ4v) is 3.12. The fraction of sp³-hybridized carbons (Fsp3) is 0.235. The van der Waals surface area contributed by atoms with E-state index in [0.717, 1.165) is 37.8 Å². The summed E-state index contributed by atoms with van der Waals surface area (Å²) in [5, 5.41) is 0.631. The van der Waals surface area contributed by atoms with Gasteiger partial charge in [0.15, 0.2) is 6.29 Å². The summed E-state index contributed by atoms with van der Waals surface area (Å²) in [4.78, 5) is 13.5. The first-order chi connectivity index (χ1) is 9.81. The van der Waals surface area contributed by atoms with Crippen LogP contribution in [-0.2, 0) is 6.42 Å². The quantitative estimate of drug-likeness (QED) is 0.750. The number of fused-ring (bicyclic) bond motifs is 1. The van der Waals surface area contributed by atoms with Crippen molar-refractivity contribution in [3.05, 3.63) is 58.6 Å². The molecule has 2 aromatic carbocycles. The summed E-state index contributed by atoms with van der Waals surface area (Å²) >= 11 is 6.36. The van der Waals surface area contributed by atoms with E-state index < -0.39 is 0 Å². The second-order valence-corrected chi connectivity index (χ2v) is 5.44. The first-order valence-corrected chi connectivity index (χ1v) is 7.28. The molecule has 20 heavy (non-hydrogen) atoms. The lowest BCUT2D eigenvalue weighted by atomic mass is 10.1. The molecule has 0 saturated heterocycles. The number of hydrogen-bond acceptors (Lipinski definition) is 2. The molecule has 102 valence electrons. The van der Waals surface area contributed by atoms with Gasteiger partial charge in [0.05, 0.1) is 10.7 Å². The zero-order valence-corrected chi connectivity index (χ0v) is 11.9. The Bertz CT molecular complexity index is 639. The van der Waals surface area contributed by atoms with E-state index in [2.05, 4.69) is 23.1 Å². The molecule has 0 saturated carbocycles. The van der Waals surface area contributed by atoms with Crippen LogP contribution in [-0.4, -0.2) is 12.8 Å². The standard InChI is InChI=1S/C17H16ClNO/c18-15-9-5-8-14(12-20)17(15)19-11-4-3-7-13-6-1-2-10-16(13)19/h1-2,5-6,8-10,12H,3-4,7,11H2. The van der Waals surface area contributed by atoms with Crippen LogP contribution < -0.4 is 4.90 Å². The predicted molar refractivity (Wildman–Crippen MR) is 83.2 cm³/mol.